The highest BCUT2D eigenvalue weighted by Crippen LogP contribution is 2.12. The molecule has 0 aromatic heterocycles. The van der Waals surface area contributed by atoms with Crippen LogP contribution in [0.25, 0.3) is 0 Å². The Morgan fingerprint density at radius 2 is 1.52 bits per heavy atom. The Balaban J connectivity index is 1.42. The van der Waals surface area contributed by atoms with Crippen LogP contribution in [0, 0.1) is 0 Å². The summed E-state index contributed by atoms with van der Waals surface area (Å²) in [6.07, 6.45) is 0.442. The van der Waals surface area contributed by atoms with Crippen LogP contribution in [0.4, 0.5) is 0 Å². The van der Waals surface area contributed by atoms with Gasteiger partial charge in [0.25, 0.3) is 0 Å². The molecule has 128 valence electrons. The number of hydrogen-bond acceptors (Lipinski definition) is 9. The lowest BCUT2D eigenvalue weighted by Crippen LogP contribution is -2.40. The van der Waals surface area contributed by atoms with Gasteiger partial charge < -0.3 is 41.9 Å². The second-order valence-electron chi connectivity index (χ2n) is 5.41. The average molecular weight is 330 g/mol. The molecule has 0 aliphatic carbocycles. The van der Waals surface area contributed by atoms with E-state index in [9.17, 15) is 0 Å². The Kier molecular flexibility index (Phi) is 7.18. The largest absolute Gasteiger partial charge is 0.639 e. The van der Waals surface area contributed by atoms with Crippen molar-refractivity contribution in [2.45, 2.75) is 25.6 Å². The minimum Gasteiger partial charge on any atom is -0.386 e. The summed E-state index contributed by atoms with van der Waals surface area (Å²) in [5.74, 6) is 0. The van der Waals surface area contributed by atoms with Crippen LogP contribution in [0.5, 0.6) is 0 Å². The highest BCUT2D eigenvalue weighted by Gasteiger charge is 2.36. The first kappa shape index (κ1) is 17.7. The molecule has 3 aliphatic heterocycles. The summed E-state index contributed by atoms with van der Waals surface area (Å²) in [7, 11) is -2.09. The van der Waals surface area contributed by atoms with E-state index in [0.717, 1.165) is 6.42 Å². The van der Waals surface area contributed by atoms with Gasteiger partial charge in [-0.15, -0.1) is 0 Å². The molecule has 23 heavy (non-hydrogen) atoms. The predicted molar refractivity (Wildman–Crippen MR) is 79.0 cm³/mol. The fourth-order valence-corrected chi connectivity index (χ4v) is 2.20. The quantitative estimate of drug-likeness (QED) is 0.536. The second kappa shape index (κ2) is 9.35. The molecule has 3 rings (SSSR count). The van der Waals surface area contributed by atoms with Crippen LogP contribution in [0.2, 0.25) is 0 Å². The van der Waals surface area contributed by atoms with Gasteiger partial charge in [-0.1, -0.05) is 0 Å². The zero-order valence-electron chi connectivity index (χ0n) is 13.2. The van der Waals surface area contributed by atoms with Crippen molar-refractivity contribution < 1.29 is 41.9 Å². The van der Waals surface area contributed by atoms with Gasteiger partial charge in [0.15, 0.2) is 0 Å². The van der Waals surface area contributed by atoms with Crippen molar-refractivity contribution >= 4 is 22.0 Å². The van der Waals surface area contributed by atoms with Gasteiger partial charge in [-0.3, -0.25) is 0 Å². The van der Waals surface area contributed by atoms with Gasteiger partial charge in [-0.2, -0.15) is 0 Å². The Bertz CT molecular complexity index is 332. The molecule has 3 aliphatic rings. The van der Waals surface area contributed by atoms with Crippen LogP contribution in [0.15, 0.2) is 0 Å². The summed E-state index contributed by atoms with van der Waals surface area (Å²) >= 11 is 0. The van der Waals surface area contributed by atoms with Crippen molar-refractivity contribution in [1.29, 1.82) is 0 Å². The maximum atomic E-state index is 5.67. The summed E-state index contributed by atoms with van der Waals surface area (Å²) in [5, 5.41) is 0. The van der Waals surface area contributed by atoms with Crippen molar-refractivity contribution in [2.24, 2.45) is 0 Å². The molecule has 0 spiro atoms. The molecule has 0 aromatic rings. The summed E-state index contributed by atoms with van der Waals surface area (Å²) < 4.78 is 48.8. The molecule has 0 radical (unpaired) electrons. The topological polar surface area (TPSA) is 83.1 Å². The van der Waals surface area contributed by atoms with Crippen molar-refractivity contribution in [2.75, 3.05) is 46.2 Å². The van der Waals surface area contributed by atoms with Crippen LogP contribution in [0.1, 0.15) is 13.3 Å². The monoisotopic (exact) mass is 330 g/mol. The van der Waals surface area contributed by atoms with E-state index >= 15 is 0 Å². The first-order valence-electron chi connectivity index (χ1n) is 7.92. The molecular weight excluding hydrogens is 309 g/mol. The summed E-state index contributed by atoms with van der Waals surface area (Å²) in [5.41, 5.74) is 0. The maximum Gasteiger partial charge on any atom is 0.639 e. The normalized spacial score (nSPS) is 27.0. The summed E-state index contributed by atoms with van der Waals surface area (Å²) in [6.45, 7) is 5.06. The van der Waals surface area contributed by atoms with Crippen LogP contribution in [0.3, 0.4) is 0 Å². The molecule has 0 N–H and O–H groups in total. The smallest absolute Gasteiger partial charge is 0.386 e. The molecule has 0 saturated carbocycles. The average Bonchev–Trinajstić information content (AvgIpc) is 3.22. The Morgan fingerprint density at radius 3 is 2.17 bits per heavy atom. The highest BCUT2D eigenvalue weighted by molar-refractivity contribution is 6.38. The van der Waals surface area contributed by atoms with E-state index in [1.807, 2.05) is 6.92 Å². The van der Waals surface area contributed by atoms with E-state index < -0.39 is 28.1 Å². The fraction of sp³-hybridized carbons (Fsp3) is 1.00. The van der Waals surface area contributed by atoms with Gasteiger partial charge in [0.1, 0.15) is 0 Å². The molecule has 3 heterocycles. The lowest BCUT2D eigenvalue weighted by molar-refractivity contribution is -0.00553. The van der Waals surface area contributed by atoms with Crippen molar-refractivity contribution in [1.82, 2.24) is 0 Å². The lowest BCUT2D eigenvalue weighted by Gasteiger charge is -2.23. The van der Waals surface area contributed by atoms with E-state index in [1.165, 1.54) is 0 Å². The summed E-state index contributed by atoms with van der Waals surface area (Å²) in [6, 6.07) is 0. The molecule has 9 nitrogen and oxygen atoms in total. The first-order chi connectivity index (χ1) is 11.3. The third-order valence-corrected chi connectivity index (χ3v) is 3.34. The van der Waals surface area contributed by atoms with Gasteiger partial charge in [0, 0.05) is 13.2 Å². The standard InChI is InChI=1S/C11H21B3O9/c1-10-7-19-14(22-10)21-9-11(23-13-17-5-6-18-13)8-20-12-15-3-2-4-16-12/h10-11H,2-9H2,1H3. The predicted octanol–water partition coefficient (Wildman–Crippen LogP) is -0.721. The Labute approximate surface area is 136 Å². The molecule has 2 unspecified atom stereocenters. The fourth-order valence-electron chi connectivity index (χ4n) is 2.20. The van der Waals surface area contributed by atoms with Gasteiger partial charge in [0.05, 0.1) is 45.2 Å². The highest BCUT2D eigenvalue weighted by atomic mass is 16.8. The molecule has 0 amide bonds. The minimum absolute atomic E-state index is 0.0150. The van der Waals surface area contributed by atoms with E-state index in [-0.39, 0.29) is 19.3 Å². The zero-order chi connectivity index (χ0) is 15.9. The van der Waals surface area contributed by atoms with Crippen LogP contribution >= 0.6 is 0 Å². The van der Waals surface area contributed by atoms with Crippen molar-refractivity contribution in [3.8, 4) is 0 Å². The van der Waals surface area contributed by atoms with E-state index in [1.54, 1.807) is 0 Å². The van der Waals surface area contributed by atoms with Gasteiger partial charge in [0.2, 0.25) is 0 Å². The molecular formula is C11H21B3O9. The number of rotatable bonds is 8. The van der Waals surface area contributed by atoms with E-state index in [4.69, 9.17) is 41.9 Å². The van der Waals surface area contributed by atoms with E-state index in [2.05, 4.69) is 0 Å². The third-order valence-electron chi connectivity index (χ3n) is 3.34. The number of hydrogen-bond donors (Lipinski definition) is 0. The molecule has 0 aromatic carbocycles. The van der Waals surface area contributed by atoms with Crippen LogP contribution in [-0.2, 0) is 41.9 Å². The molecule has 0 bridgehead atoms. The lowest BCUT2D eigenvalue weighted by atomic mass is 10.1. The van der Waals surface area contributed by atoms with E-state index in [0.29, 0.717) is 33.0 Å². The molecule has 2 atom stereocenters. The van der Waals surface area contributed by atoms with Crippen molar-refractivity contribution in [3.05, 3.63) is 0 Å². The first-order valence-corrected chi connectivity index (χ1v) is 7.92. The van der Waals surface area contributed by atoms with Gasteiger partial charge >= 0.3 is 22.0 Å². The molecule has 3 saturated heterocycles. The van der Waals surface area contributed by atoms with Crippen LogP contribution in [-0.4, -0.2) is 80.4 Å². The Morgan fingerprint density at radius 1 is 0.870 bits per heavy atom. The zero-order valence-corrected chi connectivity index (χ0v) is 13.2. The van der Waals surface area contributed by atoms with Gasteiger partial charge in [-0.25, -0.2) is 0 Å². The van der Waals surface area contributed by atoms with Gasteiger partial charge in [-0.05, 0) is 13.3 Å². The third kappa shape index (κ3) is 6.00. The molecule has 12 heteroatoms. The second-order valence-corrected chi connectivity index (χ2v) is 5.41. The SMILES string of the molecule is CC1COB(OCC(COB2OCCCO2)OB2OCCO2)O1. The summed E-state index contributed by atoms with van der Waals surface area (Å²) in [4.78, 5) is 0. The van der Waals surface area contributed by atoms with Crippen molar-refractivity contribution in [3.63, 3.8) is 0 Å². The minimum atomic E-state index is -0.718. The maximum absolute atomic E-state index is 5.67. The molecule has 3 fully saturated rings. The van der Waals surface area contributed by atoms with Crippen LogP contribution < -0.4 is 0 Å². The Hall–Kier alpha value is -0.165.